The van der Waals surface area contributed by atoms with Gasteiger partial charge in [0, 0.05) is 25.0 Å². The third kappa shape index (κ3) is 8.64. The summed E-state index contributed by atoms with van der Waals surface area (Å²) in [5.74, 6) is -1.22. The summed E-state index contributed by atoms with van der Waals surface area (Å²) in [5, 5.41) is 16.0. The Labute approximate surface area is 227 Å². The normalized spacial score (nSPS) is 19.4. The molecule has 0 radical (unpaired) electrons. The lowest BCUT2D eigenvalue weighted by Crippen LogP contribution is -2.55. The molecule has 1 aromatic rings. The van der Waals surface area contributed by atoms with E-state index in [-0.39, 0.29) is 56.5 Å². The highest BCUT2D eigenvalue weighted by Crippen LogP contribution is 2.23. The monoisotopic (exact) mass is 541 g/mol. The highest BCUT2D eigenvalue weighted by molar-refractivity contribution is 6.61. The molecule has 1 unspecified atom stereocenters. The summed E-state index contributed by atoms with van der Waals surface area (Å²) in [6, 6.07) is 4.17. The molecule has 39 heavy (non-hydrogen) atoms. The summed E-state index contributed by atoms with van der Waals surface area (Å²) in [5.41, 5.74) is -0.176. The molecule has 3 amide bonds. The molecule has 1 aromatic carbocycles. The van der Waals surface area contributed by atoms with Gasteiger partial charge in [-0.05, 0) is 37.1 Å². The van der Waals surface area contributed by atoms with Crippen LogP contribution in [0.25, 0.3) is 0 Å². The Morgan fingerprint density at radius 1 is 1.28 bits per heavy atom. The van der Waals surface area contributed by atoms with Crippen molar-refractivity contribution in [1.82, 2.24) is 10.6 Å². The van der Waals surface area contributed by atoms with E-state index < -0.39 is 30.7 Å². The molecule has 0 aliphatic carbocycles. The van der Waals surface area contributed by atoms with Crippen molar-refractivity contribution in [3.8, 4) is 0 Å². The van der Waals surface area contributed by atoms with Crippen LogP contribution in [-0.4, -0.2) is 74.7 Å². The highest BCUT2D eigenvalue weighted by atomic mass is 19.1. The van der Waals surface area contributed by atoms with E-state index in [1.807, 2.05) is 25.2 Å². The summed E-state index contributed by atoms with van der Waals surface area (Å²) in [6.07, 6.45) is 9.13. The van der Waals surface area contributed by atoms with Gasteiger partial charge in [0.1, 0.15) is 17.5 Å². The average Bonchev–Trinajstić information content (AvgIpc) is 3.28. The Kier molecular flexibility index (Phi) is 10.6. The maximum atomic E-state index is 14.9. The first-order valence-electron chi connectivity index (χ1n) is 12.5. The first-order chi connectivity index (χ1) is 18.6. The first kappa shape index (κ1) is 29.8. The number of amides is 3. The van der Waals surface area contributed by atoms with E-state index in [1.54, 1.807) is 18.2 Å². The Hall–Kier alpha value is -3.74. The SMILES string of the molecule is C=CC(C=CC(=O)NCCC1(O)COB(c2ccc(N3CC(CNC(C)=O)OC3=O)cc2F)OC1)=CC=CC. The lowest BCUT2D eigenvalue weighted by Gasteiger charge is -2.35. The van der Waals surface area contributed by atoms with E-state index in [2.05, 4.69) is 17.2 Å². The summed E-state index contributed by atoms with van der Waals surface area (Å²) >= 11 is 0. The molecular weight excluding hydrogens is 508 g/mol. The van der Waals surface area contributed by atoms with Crippen LogP contribution in [0.3, 0.4) is 0 Å². The number of benzene rings is 1. The Balaban J connectivity index is 1.49. The molecule has 0 saturated carbocycles. The van der Waals surface area contributed by atoms with Crippen LogP contribution in [-0.2, 0) is 23.6 Å². The summed E-state index contributed by atoms with van der Waals surface area (Å²) in [7, 11) is -1.05. The lowest BCUT2D eigenvalue weighted by atomic mass is 9.76. The second-order valence-corrected chi connectivity index (χ2v) is 9.21. The van der Waals surface area contributed by atoms with Crippen LogP contribution < -0.4 is 21.0 Å². The van der Waals surface area contributed by atoms with Gasteiger partial charge in [0.15, 0.2) is 0 Å². The van der Waals surface area contributed by atoms with Gasteiger partial charge in [-0.25, -0.2) is 9.18 Å². The Morgan fingerprint density at radius 3 is 2.67 bits per heavy atom. The molecule has 0 bridgehead atoms. The zero-order valence-corrected chi connectivity index (χ0v) is 22.0. The summed E-state index contributed by atoms with van der Waals surface area (Å²) in [4.78, 5) is 36.6. The smallest absolute Gasteiger partial charge is 0.442 e. The van der Waals surface area contributed by atoms with Crippen LogP contribution >= 0.6 is 0 Å². The molecule has 3 N–H and O–H groups in total. The van der Waals surface area contributed by atoms with Gasteiger partial charge in [-0.2, -0.15) is 0 Å². The van der Waals surface area contributed by atoms with Gasteiger partial charge in [0.2, 0.25) is 11.8 Å². The predicted molar refractivity (Wildman–Crippen MR) is 145 cm³/mol. The van der Waals surface area contributed by atoms with E-state index in [0.29, 0.717) is 5.69 Å². The van der Waals surface area contributed by atoms with Gasteiger partial charge in [0.25, 0.3) is 0 Å². The molecule has 2 fully saturated rings. The van der Waals surface area contributed by atoms with Gasteiger partial charge in [-0.15, -0.1) is 0 Å². The number of aliphatic hydroxyl groups is 1. The molecule has 0 spiro atoms. The van der Waals surface area contributed by atoms with E-state index in [4.69, 9.17) is 14.0 Å². The fraction of sp³-hybridized carbons (Fsp3) is 0.370. The number of carbonyl (C=O) groups excluding carboxylic acids is 3. The number of ether oxygens (including phenoxy) is 1. The van der Waals surface area contributed by atoms with Gasteiger partial charge in [-0.1, -0.05) is 36.9 Å². The number of nitrogens with zero attached hydrogens (tertiary/aromatic N) is 1. The number of nitrogens with one attached hydrogen (secondary N) is 2. The maximum absolute atomic E-state index is 14.9. The molecule has 2 aliphatic heterocycles. The second kappa shape index (κ2) is 13.9. The minimum Gasteiger partial charge on any atom is -0.442 e. The number of hydrogen-bond donors (Lipinski definition) is 3. The van der Waals surface area contributed by atoms with Crippen LogP contribution in [0, 0.1) is 5.82 Å². The highest BCUT2D eigenvalue weighted by Gasteiger charge is 2.40. The number of carbonyl (C=O) groups is 3. The minimum atomic E-state index is -1.36. The fourth-order valence-electron chi connectivity index (χ4n) is 3.89. The number of rotatable bonds is 11. The largest absolute Gasteiger partial charge is 0.497 e. The minimum absolute atomic E-state index is 0.116. The van der Waals surface area contributed by atoms with E-state index in [0.717, 1.165) is 5.57 Å². The molecule has 2 aliphatic rings. The molecule has 10 nitrogen and oxygen atoms in total. The van der Waals surface area contributed by atoms with Crippen LogP contribution in [0.5, 0.6) is 0 Å². The van der Waals surface area contributed by atoms with Crippen molar-refractivity contribution in [3.63, 3.8) is 0 Å². The third-order valence-corrected chi connectivity index (χ3v) is 6.04. The lowest BCUT2D eigenvalue weighted by molar-refractivity contribution is -0.119. The van der Waals surface area contributed by atoms with Crippen molar-refractivity contribution in [2.24, 2.45) is 0 Å². The van der Waals surface area contributed by atoms with Gasteiger partial charge < -0.3 is 29.8 Å². The molecule has 208 valence electrons. The number of cyclic esters (lactones) is 1. The van der Waals surface area contributed by atoms with Crippen LogP contribution in [0.2, 0.25) is 0 Å². The Morgan fingerprint density at radius 2 is 2.03 bits per heavy atom. The fourth-order valence-corrected chi connectivity index (χ4v) is 3.89. The van der Waals surface area contributed by atoms with Crippen LogP contribution in [0.4, 0.5) is 14.9 Å². The van der Waals surface area contributed by atoms with Crippen molar-refractivity contribution < 1.29 is 37.9 Å². The van der Waals surface area contributed by atoms with Crippen molar-refractivity contribution in [2.45, 2.75) is 32.0 Å². The number of allylic oxidation sites excluding steroid dienone is 6. The standard InChI is InChI=1S/C27H33BFN3O7/c1-4-6-7-20(5-2)8-11-25(34)30-13-12-27(36)17-37-28(38-18-27)23-10-9-21(14-24(23)29)32-16-22(39-26(32)35)15-31-19(3)33/h4-11,14,22,36H,2,12-13,15-18H2,1,3H3,(H,30,34)(H,31,33). The van der Waals surface area contributed by atoms with Crippen LogP contribution in [0.1, 0.15) is 20.3 Å². The maximum Gasteiger partial charge on any atom is 0.497 e. The van der Waals surface area contributed by atoms with E-state index in [1.165, 1.54) is 30.0 Å². The zero-order valence-electron chi connectivity index (χ0n) is 22.0. The van der Waals surface area contributed by atoms with Crippen LogP contribution in [0.15, 0.2) is 66.8 Å². The van der Waals surface area contributed by atoms with Crippen molar-refractivity contribution >= 4 is 36.2 Å². The van der Waals surface area contributed by atoms with E-state index >= 15 is 0 Å². The van der Waals surface area contributed by atoms with Crippen molar-refractivity contribution in [3.05, 3.63) is 72.6 Å². The van der Waals surface area contributed by atoms with Crippen molar-refractivity contribution in [1.29, 1.82) is 0 Å². The summed E-state index contributed by atoms with van der Waals surface area (Å²) in [6.45, 7) is 7.19. The Bertz CT molecular complexity index is 1160. The zero-order chi connectivity index (χ0) is 28.4. The number of halogens is 1. The number of anilines is 1. The predicted octanol–water partition coefficient (Wildman–Crippen LogP) is 1.51. The number of hydrogen-bond acceptors (Lipinski definition) is 7. The molecule has 12 heteroatoms. The molecule has 2 saturated heterocycles. The van der Waals surface area contributed by atoms with Gasteiger partial charge >= 0.3 is 13.2 Å². The second-order valence-electron chi connectivity index (χ2n) is 9.21. The molecule has 1 atom stereocenters. The van der Waals surface area contributed by atoms with Gasteiger partial charge in [0.05, 0.1) is 32.0 Å². The topological polar surface area (TPSA) is 126 Å². The summed E-state index contributed by atoms with van der Waals surface area (Å²) < 4.78 is 31.4. The average molecular weight is 541 g/mol. The quantitative estimate of drug-likeness (QED) is 0.220. The van der Waals surface area contributed by atoms with Gasteiger partial charge in [-0.3, -0.25) is 14.5 Å². The van der Waals surface area contributed by atoms with E-state index in [9.17, 15) is 23.9 Å². The molecular formula is C27H33BFN3O7. The molecule has 3 rings (SSSR count). The molecule has 2 heterocycles. The molecule has 0 aromatic heterocycles. The van der Waals surface area contributed by atoms with Crippen molar-refractivity contribution in [2.75, 3.05) is 37.7 Å². The third-order valence-electron chi connectivity index (χ3n) is 6.04. The first-order valence-corrected chi connectivity index (χ1v) is 12.5.